The summed E-state index contributed by atoms with van der Waals surface area (Å²) in [4.78, 5) is 11.3. The number of hydrogen-bond acceptors (Lipinski definition) is 3. The summed E-state index contributed by atoms with van der Waals surface area (Å²) in [5.41, 5.74) is 0. The number of ether oxygens (including phenoxy) is 1. The van der Waals surface area contributed by atoms with Crippen LogP contribution in [0.1, 0.15) is 103 Å². The molecule has 0 saturated carbocycles. The van der Waals surface area contributed by atoms with Gasteiger partial charge in [0.2, 0.25) is 0 Å². The van der Waals surface area contributed by atoms with Gasteiger partial charge in [-0.3, -0.25) is 4.79 Å². The van der Waals surface area contributed by atoms with Gasteiger partial charge in [-0.25, -0.2) is 0 Å². The lowest BCUT2D eigenvalue weighted by atomic mass is 10.1. The first-order valence-electron chi connectivity index (χ1n) is 10.2. The van der Waals surface area contributed by atoms with E-state index in [0.29, 0.717) is 18.8 Å². The number of carbonyl (C=O) groups is 1. The van der Waals surface area contributed by atoms with Crippen molar-refractivity contribution in [3.05, 3.63) is 12.2 Å². The molecule has 2 nitrogen and oxygen atoms in total. The van der Waals surface area contributed by atoms with Crippen LogP contribution in [-0.4, -0.2) is 18.3 Å². The maximum Gasteiger partial charge on any atom is 0.305 e. The predicted octanol–water partition coefficient (Wildman–Crippen LogP) is 6.89. The van der Waals surface area contributed by atoms with Crippen molar-refractivity contribution >= 4 is 18.6 Å². The number of allylic oxidation sites excluding steroid dienone is 2. The van der Waals surface area contributed by atoms with Gasteiger partial charge in [-0.05, 0) is 32.1 Å². The SMILES string of the molecule is CCCCCCCCC/C=C/CCCCCCCC(=O)OCCS. The fourth-order valence-corrected chi connectivity index (χ4v) is 2.84. The van der Waals surface area contributed by atoms with Gasteiger partial charge in [0.05, 0.1) is 0 Å². The summed E-state index contributed by atoms with van der Waals surface area (Å²) in [6.07, 6.45) is 23.4. The Bertz CT molecular complexity index is 290. The van der Waals surface area contributed by atoms with Crippen LogP contribution in [0.25, 0.3) is 0 Å². The van der Waals surface area contributed by atoms with Crippen molar-refractivity contribution in [1.29, 1.82) is 0 Å². The second-order valence-corrected chi connectivity index (χ2v) is 7.08. The minimum Gasteiger partial charge on any atom is -0.465 e. The van der Waals surface area contributed by atoms with Crippen LogP contribution in [0.3, 0.4) is 0 Å². The van der Waals surface area contributed by atoms with E-state index in [1.54, 1.807) is 0 Å². The third-order valence-corrected chi connectivity index (χ3v) is 4.43. The lowest BCUT2D eigenvalue weighted by Gasteiger charge is -2.02. The highest BCUT2D eigenvalue weighted by atomic mass is 32.1. The van der Waals surface area contributed by atoms with Gasteiger partial charge in [-0.1, -0.05) is 76.9 Å². The minimum atomic E-state index is -0.0719. The highest BCUT2D eigenvalue weighted by molar-refractivity contribution is 7.80. The van der Waals surface area contributed by atoms with E-state index in [1.807, 2.05) is 0 Å². The van der Waals surface area contributed by atoms with Crippen molar-refractivity contribution in [3.63, 3.8) is 0 Å². The zero-order valence-electron chi connectivity index (χ0n) is 15.9. The fraction of sp³-hybridized carbons (Fsp3) is 0.857. The summed E-state index contributed by atoms with van der Waals surface area (Å²) >= 11 is 4.02. The van der Waals surface area contributed by atoms with Gasteiger partial charge in [-0.15, -0.1) is 0 Å². The standard InChI is InChI=1S/C21H40O2S/c1-2-3-4-5-6-7-8-9-10-11-12-13-14-15-16-17-18-21(22)23-19-20-24/h10-11,24H,2-9,12-20H2,1H3/b11-10+. The number of esters is 1. The zero-order chi connectivity index (χ0) is 17.7. The molecule has 3 heteroatoms. The lowest BCUT2D eigenvalue weighted by Crippen LogP contribution is -2.06. The molecule has 0 aromatic rings. The Labute approximate surface area is 156 Å². The maximum atomic E-state index is 11.3. The maximum absolute atomic E-state index is 11.3. The van der Waals surface area contributed by atoms with Crippen LogP contribution < -0.4 is 0 Å². The molecule has 0 spiro atoms. The molecule has 0 bridgehead atoms. The molecule has 0 unspecified atom stereocenters. The molecule has 0 aliphatic rings. The van der Waals surface area contributed by atoms with Gasteiger partial charge in [0.1, 0.15) is 6.61 Å². The monoisotopic (exact) mass is 356 g/mol. The smallest absolute Gasteiger partial charge is 0.305 e. The van der Waals surface area contributed by atoms with E-state index in [2.05, 4.69) is 31.7 Å². The van der Waals surface area contributed by atoms with Gasteiger partial charge in [0.15, 0.2) is 0 Å². The molecular formula is C21H40O2S. The third-order valence-electron chi connectivity index (χ3n) is 4.25. The molecule has 0 radical (unpaired) electrons. The molecule has 0 aliphatic heterocycles. The molecule has 24 heavy (non-hydrogen) atoms. The Morgan fingerprint density at radius 3 is 1.83 bits per heavy atom. The van der Waals surface area contributed by atoms with Crippen molar-refractivity contribution in [2.24, 2.45) is 0 Å². The highest BCUT2D eigenvalue weighted by Gasteiger charge is 2.01. The average molecular weight is 357 g/mol. The van der Waals surface area contributed by atoms with E-state index in [0.717, 1.165) is 12.8 Å². The number of rotatable bonds is 18. The van der Waals surface area contributed by atoms with Gasteiger partial charge in [-0.2, -0.15) is 12.6 Å². The highest BCUT2D eigenvalue weighted by Crippen LogP contribution is 2.10. The second-order valence-electron chi connectivity index (χ2n) is 6.63. The van der Waals surface area contributed by atoms with Crippen LogP contribution in [0.15, 0.2) is 12.2 Å². The molecular weight excluding hydrogens is 316 g/mol. The summed E-state index contributed by atoms with van der Waals surface area (Å²) in [6.45, 7) is 2.71. The molecule has 0 aliphatic carbocycles. The third kappa shape index (κ3) is 19.6. The average Bonchev–Trinajstić information content (AvgIpc) is 2.59. The largest absolute Gasteiger partial charge is 0.465 e. The van der Waals surface area contributed by atoms with E-state index in [-0.39, 0.29) is 5.97 Å². The summed E-state index contributed by atoms with van der Waals surface area (Å²) in [6, 6.07) is 0. The fourth-order valence-electron chi connectivity index (χ4n) is 2.75. The van der Waals surface area contributed by atoms with Crippen LogP contribution in [0.5, 0.6) is 0 Å². The van der Waals surface area contributed by atoms with E-state index in [9.17, 15) is 4.79 Å². The van der Waals surface area contributed by atoms with E-state index in [4.69, 9.17) is 4.74 Å². The van der Waals surface area contributed by atoms with E-state index in [1.165, 1.54) is 77.0 Å². The molecule has 0 aromatic heterocycles. The topological polar surface area (TPSA) is 26.3 Å². The molecule has 0 atom stereocenters. The van der Waals surface area contributed by atoms with Crippen LogP contribution in [-0.2, 0) is 9.53 Å². The molecule has 0 rings (SSSR count). The Morgan fingerprint density at radius 1 is 0.792 bits per heavy atom. The number of hydrogen-bond donors (Lipinski definition) is 1. The Balaban J connectivity index is 3.14. The summed E-state index contributed by atoms with van der Waals surface area (Å²) in [5.74, 6) is 0.537. The summed E-state index contributed by atoms with van der Waals surface area (Å²) < 4.78 is 4.99. The zero-order valence-corrected chi connectivity index (χ0v) is 16.8. The van der Waals surface area contributed by atoms with Crippen molar-refractivity contribution in [2.75, 3.05) is 12.4 Å². The van der Waals surface area contributed by atoms with Crippen LogP contribution in [0.2, 0.25) is 0 Å². The summed E-state index contributed by atoms with van der Waals surface area (Å²) in [5, 5.41) is 0. The van der Waals surface area contributed by atoms with E-state index < -0.39 is 0 Å². The Morgan fingerprint density at radius 2 is 1.29 bits per heavy atom. The predicted molar refractivity (Wildman–Crippen MR) is 109 cm³/mol. The molecule has 0 N–H and O–H groups in total. The molecule has 0 saturated heterocycles. The quantitative estimate of drug-likeness (QED) is 0.125. The Kier molecular flexibility index (Phi) is 20.2. The van der Waals surface area contributed by atoms with Gasteiger partial charge in [0, 0.05) is 12.2 Å². The van der Waals surface area contributed by atoms with Crippen molar-refractivity contribution < 1.29 is 9.53 Å². The first-order valence-corrected chi connectivity index (χ1v) is 10.9. The number of thiol groups is 1. The summed E-state index contributed by atoms with van der Waals surface area (Å²) in [7, 11) is 0. The number of carbonyl (C=O) groups excluding carboxylic acids is 1. The molecule has 142 valence electrons. The van der Waals surface area contributed by atoms with Crippen molar-refractivity contribution in [3.8, 4) is 0 Å². The lowest BCUT2D eigenvalue weighted by molar-refractivity contribution is -0.143. The minimum absolute atomic E-state index is 0.0719. The van der Waals surface area contributed by atoms with Gasteiger partial charge in [0.25, 0.3) is 0 Å². The van der Waals surface area contributed by atoms with Crippen molar-refractivity contribution in [2.45, 2.75) is 103 Å². The molecule has 0 heterocycles. The Hall–Kier alpha value is -0.440. The first-order chi connectivity index (χ1) is 11.8. The first kappa shape index (κ1) is 23.6. The number of unbranched alkanes of at least 4 members (excludes halogenated alkanes) is 12. The van der Waals surface area contributed by atoms with Gasteiger partial charge < -0.3 is 4.74 Å². The van der Waals surface area contributed by atoms with Crippen LogP contribution >= 0.6 is 12.6 Å². The van der Waals surface area contributed by atoms with E-state index >= 15 is 0 Å². The van der Waals surface area contributed by atoms with Crippen LogP contribution in [0, 0.1) is 0 Å². The second kappa shape index (κ2) is 20.6. The molecule has 0 aromatic carbocycles. The molecule has 0 fully saturated rings. The van der Waals surface area contributed by atoms with Crippen molar-refractivity contribution in [1.82, 2.24) is 0 Å². The molecule has 0 amide bonds. The normalized spacial score (nSPS) is 11.2. The van der Waals surface area contributed by atoms with Crippen LogP contribution in [0.4, 0.5) is 0 Å². The van der Waals surface area contributed by atoms with Gasteiger partial charge >= 0.3 is 5.97 Å².